The van der Waals surface area contributed by atoms with Crippen LogP contribution in [0.5, 0.6) is 0 Å². The molecule has 0 unspecified atom stereocenters. The van der Waals surface area contributed by atoms with Crippen LogP contribution in [0.25, 0.3) is 0 Å². The van der Waals surface area contributed by atoms with Gasteiger partial charge in [-0.25, -0.2) is 8.78 Å². The number of nitrogens with one attached hydrogen (secondary N) is 1. The second kappa shape index (κ2) is 6.04. The van der Waals surface area contributed by atoms with Gasteiger partial charge >= 0.3 is 0 Å². The minimum absolute atomic E-state index is 0.186. The molecule has 0 spiro atoms. The molecule has 1 fully saturated rings. The summed E-state index contributed by atoms with van der Waals surface area (Å²) >= 11 is 0. The fourth-order valence-electron chi connectivity index (χ4n) is 3.86. The van der Waals surface area contributed by atoms with Crippen LogP contribution in [0.15, 0.2) is 18.2 Å². The molecule has 0 bridgehead atoms. The maximum absolute atomic E-state index is 14.3. The molecule has 118 valence electrons. The van der Waals surface area contributed by atoms with Gasteiger partial charge in [0.15, 0.2) is 0 Å². The zero-order valence-corrected chi connectivity index (χ0v) is 13.6. The maximum atomic E-state index is 14.3. The third-order valence-electron chi connectivity index (χ3n) is 5.28. The van der Waals surface area contributed by atoms with Gasteiger partial charge in [-0.2, -0.15) is 0 Å². The number of benzene rings is 1. The van der Waals surface area contributed by atoms with E-state index < -0.39 is 11.6 Å². The Balaban J connectivity index is 2.30. The molecule has 1 aliphatic rings. The molecule has 1 aliphatic carbocycles. The van der Waals surface area contributed by atoms with Crippen LogP contribution >= 0.6 is 0 Å². The summed E-state index contributed by atoms with van der Waals surface area (Å²) in [6.45, 7) is 9.38. The topological polar surface area (TPSA) is 12.0 Å². The summed E-state index contributed by atoms with van der Waals surface area (Å²) in [7, 11) is 0. The predicted molar refractivity (Wildman–Crippen MR) is 83.4 cm³/mol. The van der Waals surface area contributed by atoms with Crippen LogP contribution in [-0.4, -0.2) is 12.6 Å². The average Bonchev–Trinajstić information content (AvgIpc) is 2.39. The van der Waals surface area contributed by atoms with Gasteiger partial charge in [-0.3, -0.25) is 0 Å². The summed E-state index contributed by atoms with van der Waals surface area (Å²) in [5, 5.41) is 3.45. The minimum Gasteiger partial charge on any atom is -0.314 e. The fourth-order valence-corrected chi connectivity index (χ4v) is 3.86. The molecule has 0 radical (unpaired) electrons. The Labute approximate surface area is 127 Å². The van der Waals surface area contributed by atoms with Gasteiger partial charge in [0.05, 0.1) is 0 Å². The van der Waals surface area contributed by atoms with E-state index in [1.807, 2.05) is 0 Å². The first kappa shape index (κ1) is 16.4. The van der Waals surface area contributed by atoms with Crippen molar-refractivity contribution in [2.45, 2.75) is 64.8 Å². The van der Waals surface area contributed by atoms with Crippen LogP contribution < -0.4 is 5.32 Å². The molecular formula is C18H27F2N. The van der Waals surface area contributed by atoms with Crippen LogP contribution in [0, 0.1) is 17.0 Å². The predicted octanol–water partition coefficient (Wildman–Crippen LogP) is 4.80. The normalized spacial score (nSPS) is 19.6. The largest absolute Gasteiger partial charge is 0.314 e. The Hall–Kier alpha value is -0.960. The van der Waals surface area contributed by atoms with Crippen molar-refractivity contribution in [3.05, 3.63) is 35.4 Å². The second-order valence-electron chi connectivity index (χ2n) is 7.00. The molecule has 1 aromatic rings. The fraction of sp³-hybridized carbons (Fsp3) is 0.667. The van der Waals surface area contributed by atoms with Gasteiger partial charge in [0, 0.05) is 24.1 Å². The highest BCUT2D eigenvalue weighted by Gasteiger charge is 2.53. The third-order valence-corrected chi connectivity index (χ3v) is 5.28. The summed E-state index contributed by atoms with van der Waals surface area (Å²) < 4.78 is 27.5. The second-order valence-corrected chi connectivity index (χ2v) is 7.00. The van der Waals surface area contributed by atoms with Crippen LogP contribution in [-0.2, 0) is 5.41 Å². The number of hydrogen-bond acceptors (Lipinski definition) is 1. The number of hydrogen-bond donors (Lipinski definition) is 1. The first-order valence-electron chi connectivity index (χ1n) is 8.05. The molecule has 1 saturated carbocycles. The SMILES string of the molecule is CCC1(CC)CC(CNC(C)C)(c2ccc(F)cc2F)C1. The van der Waals surface area contributed by atoms with Gasteiger partial charge in [-0.15, -0.1) is 0 Å². The molecular weight excluding hydrogens is 268 g/mol. The van der Waals surface area contributed by atoms with Crippen molar-refractivity contribution in [3.63, 3.8) is 0 Å². The summed E-state index contributed by atoms with van der Waals surface area (Å²) in [4.78, 5) is 0. The molecule has 0 saturated heterocycles. The first-order valence-corrected chi connectivity index (χ1v) is 8.05. The molecule has 0 aliphatic heterocycles. The quantitative estimate of drug-likeness (QED) is 0.795. The van der Waals surface area contributed by atoms with E-state index in [1.54, 1.807) is 6.07 Å². The molecule has 0 aromatic heterocycles. The molecule has 2 rings (SSSR count). The Morgan fingerprint density at radius 1 is 1.14 bits per heavy atom. The molecule has 0 heterocycles. The van der Waals surface area contributed by atoms with Crippen molar-refractivity contribution in [2.75, 3.05) is 6.54 Å². The van der Waals surface area contributed by atoms with Crippen molar-refractivity contribution in [1.29, 1.82) is 0 Å². The highest BCUT2D eigenvalue weighted by atomic mass is 19.1. The van der Waals surface area contributed by atoms with Crippen LogP contribution in [0.3, 0.4) is 0 Å². The van der Waals surface area contributed by atoms with Crippen molar-refractivity contribution in [1.82, 2.24) is 5.32 Å². The average molecular weight is 295 g/mol. The molecule has 3 heteroatoms. The molecule has 0 atom stereocenters. The van der Waals surface area contributed by atoms with E-state index in [1.165, 1.54) is 6.07 Å². The van der Waals surface area contributed by atoms with Gasteiger partial charge in [-0.1, -0.05) is 46.6 Å². The summed E-state index contributed by atoms with van der Waals surface area (Å²) in [5.74, 6) is -0.902. The molecule has 21 heavy (non-hydrogen) atoms. The van der Waals surface area contributed by atoms with Crippen molar-refractivity contribution in [2.24, 2.45) is 5.41 Å². The Kier molecular flexibility index (Phi) is 4.72. The van der Waals surface area contributed by atoms with E-state index in [4.69, 9.17) is 0 Å². The zero-order valence-electron chi connectivity index (χ0n) is 13.6. The van der Waals surface area contributed by atoms with E-state index in [0.717, 1.165) is 38.3 Å². The van der Waals surface area contributed by atoms with Crippen LogP contribution in [0.4, 0.5) is 8.78 Å². The highest BCUT2D eigenvalue weighted by molar-refractivity contribution is 5.33. The molecule has 1 aromatic carbocycles. The molecule has 1 N–H and O–H groups in total. The Bertz CT molecular complexity index is 484. The van der Waals surface area contributed by atoms with Crippen LogP contribution in [0.1, 0.15) is 58.9 Å². The summed E-state index contributed by atoms with van der Waals surface area (Å²) in [6, 6.07) is 4.41. The number of rotatable bonds is 6. The number of halogens is 2. The van der Waals surface area contributed by atoms with E-state index in [0.29, 0.717) is 17.0 Å². The van der Waals surface area contributed by atoms with Gasteiger partial charge < -0.3 is 5.32 Å². The summed E-state index contributed by atoms with van der Waals surface area (Å²) in [5.41, 5.74) is 0.808. The standard InChI is InChI=1S/C18H27F2N/c1-5-17(6-2)10-18(11-17,12-21-13(3)4)15-8-7-14(19)9-16(15)20/h7-9,13,21H,5-6,10-12H2,1-4H3. The van der Waals surface area contributed by atoms with Gasteiger partial charge in [0.1, 0.15) is 11.6 Å². The van der Waals surface area contributed by atoms with Crippen molar-refractivity contribution in [3.8, 4) is 0 Å². The minimum atomic E-state index is -0.500. The monoisotopic (exact) mass is 295 g/mol. The van der Waals surface area contributed by atoms with E-state index in [2.05, 4.69) is 33.0 Å². The maximum Gasteiger partial charge on any atom is 0.129 e. The van der Waals surface area contributed by atoms with E-state index in [-0.39, 0.29) is 5.41 Å². The lowest BCUT2D eigenvalue weighted by Gasteiger charge is -2.57. The lowest BCUT2D eigenvalue weighted by Crippen LogP contribution is -2.55. The molecule has 1 nitrogen and oxygen atoms in total. The highest BCUT2D eigenvalue weighted by Crippen LogP contribution is 2.59. The van der Waals surface area contributed by atoms with Gasteiger partial charge in [0.2, 0.25) is 0 Å². The smallest absolute Gasteiger partial charge is 0.129 e. The van der Waals surface area contributed by atoms with E-state index in [9.17, 15) is 8.78 Å². The van der Waals surface area contributed by atoms with Gasteiger partial charge in [0.25, 0.3) is 0 Å². The Morgan fingerprint density at radius 3 is 2.24 bits per heavy atom. The van der Waals surface area contributed by atoms with Crippen molar-refractivity contribution < 1.29 is 8.78 Å². The third kappa shape index (κ3) is 3.13. The van der Waals surface area contributed by atoms with E-state index >= 15 is 0 Å². The molecule has 0 amide bonds. The summed E-state index contributed by atoms with van der Waals surface area (Å²) in [6.07, 6.45) is 4.20. The Morgan fingerprint density at radius 2 is 1.76 bits per heavy atom. The zero-order chi connectivity index (χ0) is 15.7. The van der Waals surface area contributed by atoms with Crippen LogP contribution in [0.2, 0.25) is 0 Å². The first-order chi connectivity index (χ1) is 9.86. The lowest BCUT2D eigenvalue weighted by atomic mass is 9.48. The van der Waals surface area contributed by atoms with Crippen molar-refractivity contribution >= 4 is 0 Å². The van der Waals surface area contributed by atoms with Gasteiger partial charge in [-0.05, 0) is 29.9 Å². The lowest BCUT2D eigenvalue weighted by molar-refractivity contribution is 0.00968.